The fraction of sp³-hybridized carbons (Fsp3) is 0.455. The average molecular weight is 557 g/mol. The van der Waals surface area contributed by atoms with Crippen molar-refractivity contribution in [2.45, 2.75) is 56.2 Å². The third-order valence-corrected chi connectivity index (χ3v) is 5.52. The number of carbonyl (C=O) groups is 2. The topological polar surface area (TPSA) is 179 Å². The molecule has 2 aromatic rings. The number of aryl methyl sites for hydroxylation is 1. The van der Waals surface area contributed by atoms with E-state index in [9.17, 15) is 46.5 Å². The first kappa shape index (κ1) is 26.1. The molecule has 1 saturated carbocycles. The first-order chi connectivity index (χ1) is 18.4. The molecule has 16 heteroatoms. The van der Waals surface area contributed by atoms with Gasteiger partial charge in [-0.1, -0.05) is 12.1 Å². The van der Waals surface area contributed by atoms with Gasteiger partial charge in [0.2, 0.25) is 5.60 Å². The molecule has 38 heavy (non-hydrogen) atoms. The van der Waals surface area contributed by atoms with E-state index in [-0.39, 0.29) is 29.9 Å². The Morgan fingerprint density at radius 3 is 2.26 bits per heavy atom. The van der Waals surface area contributed by atoms with Gasteiger partial charge in [0, 0.05) is 15.2 Å². The second kappa shape index (κ2) is 10.7. The van der Waals surface area contributed by atoms with Gasteiger partial charge in [-0.05, 0) is 43.8 Å². The van der Waals surface area contributed by atoms with E-state index in [1.165, 1.54) is 0 Å². The number of aliphatic hydroxyl groups excluding tert-OH is 2. The standard InChI is InChI=1S/C20H23F3N4O4.C2HF3O2/c1-10-3-4-11(19(31,9-28)20(21,22)23)5-13(10)14-8-25-16(24)15(26-14)17(30)27-18(2)6-12(29)7-18;3-2(4,5)1(6)7/h3-5,8,12,28-29,31H,6-7,9H2,1-2H3,(H2,24,25)(H,27,30);(H,6,7)/t12?,18?,19-;/m1./s1/i1D3;. The van der Waals surface area contributed by atoms with E-state index in [0.29, 0.717) is 0 Å². The number of carboxylic acids is 1. The number of halogens is 6. The number of nitrogen functional groups attached to an aromatic ring is 1. The Bertz CT molecular complexity index is 1300. The number of aromatic nitrogens is 2. The minimum atomic E-state index is -5.28. The van der Waals surface area contributed by atoms with Gasteiger partial charge in [0.25, 0.3) is 5.91 Å². The summed E-state index contributed by atoms with van der Waals surface area (Å²) in [6.45, 7) is -2.83. The SMILES string of the molecule is O=C(O)C(F)(F)F.[2H]C([2H])([2H])c1ccc([C@](O)(CO)C(F)(F)F)cc1-c1cnc(N)c(C(=O)NC2(C)CC(O)C2)n1. The average Bonchev–Trinajstić information content (AvgIpc) is 2.80. The molecule has 7 N–H and O–H groups in total. The Morgan fingerprint density at radius 1 is 1.24 bits per heavy atom. The van der Waals surface area contributed by atoms with Crippen LogP contribution in [0.3, 0.4) is 0 Å². The summed E-state index contributed by atoms with van der Waals surface area (Å²) in [4.78, 5) is 29.5. The first-order valence-electron chi connectivity index (χ1n) is 11.9. The van der Waals surface area contributed by atoms with Crippen molar-refractivity contribution in [3.05, 3.63) is 41.2 Å². The second-order valence-corrected chi connectivity index (χ2v) is 8.65. The Balaban J connectivity index is 0.000000745. The number of hydrogen-bond acceptors (Lipinski definition) is 8. The summed E-state index contributed by atoms with van der Waals surface area (Å²) in [5, 5.41) is 38.7. The Hall–Kier alpha value is -3.50. The number of nitrogens with two attached hydrogens (primary N) is 1. The van der Waals surface area contributed by atoms with Crippen molar-refractivity contribution in [2.24, 2.45) is 0 Å². The monoisotopic (exact) mass is 557 g/mol. The number of nitrogens with one attached hydrogen (secondary N) is 1. The van der Waals surface area contributed by atoms with Crippen LogP contribution in [0, 0.1) is 6.85 Å². The van der Waals surface area contributed by atoms with E-state index >= 15 is 0 Å². The van der Waals surface area contributed by atoms with Crippen molar-refractivity contribution < 1.29 is 60.5 Å². The molecule has 10 nitrogen and oxygen atoms in total. The lowest BCUT2D eigenvalue weighted by atomic mass is 9.76. The van der Waals surface area contributed by atoms with Crippen LogP contribution in [-0.2, 0) is 10.4 Å². The van der Waals surface area contributed by atoms with Gasteiger partial charge in [0.15, 0.2) is 11.5 Å². The molecule has 1 fully saturated rings. The van der Waals surface area contributed by atoms with Crippen LogP contribution in [0.25, 0.3) is 11.3 Å². The van der Waals surface area contributed by atoms with Crippen molar-refractivity contribution in [3.8, 4) is 11.3 Å². The molecule has 210 valence electrons. The summed E-state index contributed by atoms with van der Waals surface area (Å²) in [5.41, 5.74) is -0.923. The summed E-state index contributed by atoms with van der Waals surface area (Å²) in [5.74, 6) is -3.83. The van der Waals surface area contributed by atoms with Crippen molar-refractivity contribution in [2.75, 3.05) is 12.3 Å². The maximum absolute atomic E-state index is 13.5. The highest BCUT2D eigenvalue weighted by molar-refractivity contribution is 5.97. The molecule has 1 aliphatic carbocycles. The number of amides is 1. The number of aliphatic carboxylic acids is 1. The van der Waals surface area contributed by atoms with Gasteiger partial charge in [0.05, 0.1) is 24.6 Å². The molecule has 1 aliphatic rings. The smallest absolute Gasteiger partial charge is 0.475 e. The lowest BCUT2D eigenvalue weighted by molar-refractivity contribution is -0.277. The Labute approximate surface area is 215 Å². The second-order valence-electron chi connectivity index (χ2n) is 8.65. The number of rotatable bonds is 5. The highest BCUT2D eigenvalue weighted by Gasteiger charge is 2.55. The van der Waals surface area contributed by atoms with Gasteiger partial charge < -0.3 is 31.5 Å². The molecule has 0 aliphatic heterocycles. The number of hydrogen-bond donors (Lipinski definition) is 6. The Kier molecular flexibility index (Phi) is 7.36. The first-order valence-corrected chi connectivity index (χ1v) is 10.4. The van der Waals surface area contributed by atoms with E-state index < -0.39 is 71.8 Å². The number of benzene rings is 1. The van der Waals surface area contributed by atoms with Crippen molar-refractivity contribution in [1.82, 2.24) is 15.3 Å². The third kappa shape index (κ3) is 6.68. The summed E-state index contributed by atoms with van der Waals surface area (Å²) >= 11 is 0. The van der Waals surface area contributed by atoms with Crippen LogP contribution in [0.15, 0.2) is 24.4 Å². The number of anilines is 1. The van der Waals surface area contributed by atoms with Gasteiger partial charge in [-0.25, -0.2) is 14.8 Å². The number of aliphatic hydroxyl groups is 3. The zero-order valence-corrected chi connectivity index (χ0v) is 19.4. The fourth-order valence-electron chi connectivity index (χ4n) is 3.47. The number of carboxylic acid groups (broad SMARTS) is 1. The molecule has 0 bridgehead atoms. The predicted molar refractivity (Wildman–Crippen MR) is 118 cm³/mol. The van der Waals surface area contributed by atoms with E-state index in [0.717, 1.165) is 24.4 Å². The number of nitrogens with zero attached hydrogens (tertiary/aromatic N) is 2. The van der Waals surface area contributed by atoms with Gasteiger partial charge >= 0.3 is 18.3 Å². The van der Waals surface area contributed by atoms with E-state index in [1.807, 2.05) is 0 Å². The lowest BCUT2D eigenvalue weighted by Gasteiger charge is -2.43. The van der Waals surface area contributed by atoms with Gasteiger partial charge in [-0.15, -0.1) is 0 Å². The van der Waals surface area contributed by atoms with Crippen LogP contribution in [-0.4, -0.2) is 72.9 Å². The molecule has 0 unspecified atom stereocenters. The molecule has 1 atom stereocenters. The summed E-state index contributed by atoms with van der Waals surface area (Å²) in [7, 11) is 0. The maximum Gasteiger partial charge on any atom is 0.490 e. The van der Waals surface area contributed by atoms with Crippen LogP contribution < -0.4 is 11.1 Å². The molecule has 1 heterocycles. The lowest BCUT2D eigenvalue weighted by Crippen LogP contribution is -2.57. The fourth-order valence-corrected chi connectivity index (χ4v) is 3.47. The number of carbonyl (C=O) groups excluding carboxylic acids is 1. The molecule has 1 amide bonds. The number of alkyl halides is 6. The largest absolute Gasteiger partial charge is 0.490 e. The quantitative estimate of drug-likeness (QED) is 0.300. The van der Waals surface area contributed by atoms with Gasteiger partial charge in [-0.2, -0.15) is 26.3 Å². The predicted octanol–water partition coefficient (Wildman–Crippen LogP) is 2.05. The van der Waals surface area contributed by atoms with Crippen LogP contribution in [0.2, 0.25) is 0 Å². The Morgan fingerprint density at radius 2 is 1.82 bits per heavy atom. The molecule has 1 aromatic heterocycles. The van der Waals surface area contributed by atoms with E-state index in [1.54, 1.807) is 6.92 Å². The van der Waals surface area contributed by atoms with Crippen molar-refractivity contribution in [1.29, 1.82) is 0 Å². The minimum Gasteiger partial charge on any atom is -0.475 e. The zero-order chi connectivity index (χ0) is 31.8. The van der Waals surface area contributed by atoms with Crippen molar-refractivity contribution in [3.63, 3.8) is 0 Å². The van der Waals surface area contributed by atoms with Gasteiger partial charge in [0.1, 0.15) is 0 Å². The highest BCUT2D eigenvalue weighted by Crippen LogP contribution is 2.40. The highest BCUT2D eigenvalue weighted by atomic mass is 19.4. The van der Waals surface area contributed by atoms with Crippen molar-refractivity contribution >= 4 is 17.7 Å². The normalized spacial score (nSPS) is 22.4. The van der Waals surface area contributed by atoms with E-state index in [4.69, 9.17) is 19.7 Å². The molecule has 0 saturated heterocycles. The van der Waals surface area contributed by atoms with Crippen LogP contribution in [0.4, 0.5) is 32.2 Å². The molecule has 0 radical (unpaired) electrons. The zero-order valence-electron chi connectivity index (χ0n) is 22.4. The third-order valence-electron chi connectivity index (χ3n) is 5.52. The molecule has 1 aromatic carbocycles. The minimum absolute atomic E-state index is 0.284. The summed E-state index contributed by atoms with van der Waals surface area (Å²) in [6, 6.07) is 2.34. The maximum atomic E-state index is 13.5. The van der Waals surface area contributed by atoms with Gasteiger partial charge in [-0.3, -0.25) is 4.79 Å². The summed E-state index contributed by atoms with van der Waals surface area (Å²) < 4.78 is 95.3. The molecular formula is C22H24F6N4O6. The molecule has 0 spiro atoms. The molecule has 3 rings (SSSR count). The van der Waals surface area contributed by atoms with Crippen LogP contribution in [0.1, 0.15) is 45.5 Å². The summed E-state index contributed by atoms with van der Waals surface area (Å²) in [6.07, 6.45) is -9.38. The van der Waals surface area contributed by atoms with Crippen LogP contribution >= 0.6 is 0 Å². The van der Waals surface area contributed by atoms with E-state index in [2.05, 4.69) is 15.3 Å². The molecular weight excluding hydrogens is 530 g/mol. The van der Waals surface area contributed by atoms with Crippen LogP contribution in [0.5, 0.6) is 0 Å².